The summed E-state index contributed by atoms with van der Waals surface area (Å²) in [6.45, 7) is 3.67. The molecule has 0 saturated heterocycles. The molecular formula is C12H18N2O2S. The summed E-state index contributed by atoms with van der Waals surface area (Å²) in [4.78, 5) is 0.852. The SMILES string of the molecule is COc1ccc(C(=N)N)c(SC(C)C(C)O)c1. The van der Waals surface area contributed by atoms with E-state index in [1.807, 2.05) is 13.0 Å². The first-order chi connectivity index (χ1) is 7.95. The van der Waals surface area contributed by atoms with Crippen molar-refractivity contribution < 1.29 is 9.84 Å². The summed E-state index contributed by atoms with van der Waals surface area (Å²) in [7, 11) is 1.59. The van der Waals surface area contributed by atoms with Crippen molar-refractivity contribution in [3.63, 3.8) is 0 Å². The van der Waals surface area contributed by atoms with Gasteiger partial charge in [0.1, 0.15) is 11.6 Å². The van der Waals surface area contributed by atoms with Crippen LogP contribution >= 0.6 is 11.8 Å². The highest BCUT2D eigenvalue weighted by molar-refractivity contribution is 8.00. The third-order valence-corrected chi connectivity index (χ3v) is 3.83. The van der Waals surface area contributed by atoms with Gasteiger partial charge in [-0.15, -0.1) is 11.8 Å². The molecule has 5 heteroatoms. The summed E-state index contributed by atoms with van der Waals surface area (Å²) in [5.74, 6) is 0.739. The minimum absolute atomic E-state index is 0.0212. The number of nitrogens with one attached hydrogen (secondary N) is 1. The Morgan fingerprint density at radius 3 is 2.59 bits per heavy atom. The summed E-state index contributed by atoms with van der Waals surface area (Å²) in [6.07, 6.45) is -0.425. The normalized spacial score (nSPS) is 14.1. The number of hydrogen-bond acceptors (Lipinski definition) is 4. The van der Waals surface area contributed by atoms with Gasteiger partial charge in [-0.1, -0.05) is 6.92 Å². The van der Waals surface area contributed by atoms with Crippen molar-refractivity contribution in [3.05, 3.63) is 23.8 Å². The maximum atomic E-state index is 9.50. The van der Waals surface area contributed by atoms with E-state index in [0.717, 1.165) is 10.6 Å². The van der Waals surface area contributed by atoms with Crippen LogP contribution in [0.3, 0.4) is 0 Å². The maximum Gasteiger partial charge on any atom is 0.123 e. The van der Waals surface area contributed by atoms with Crippen LogP contribution in [-0.4, -0.2) is 29.4 Å². The molecule has 0 amide bonds. The Morgan fingerprint density at radius 1 is 1.47 bits per heavy atom. The highest BCUT2D eigenvalue weighted by atomic mass is 32.2. The van der Waals surface area contributed by atoms with Crippen molar-refractivity contribution in [1.82, 2.24) is 0 Å². The van der Waals surface area contributed by atoms with Gasteiger partial charge in [-0.3, -0.25) is 5.41 Å². The molecule has 2 atom stereocenters. The molecule has 1 aromatic rings. The minimum atomic E-state index is -0.425. The van der Waals surface area contributed by atoms with Crippen LogP contribution in [0.5, 0.6) is 5.75 Å². The lowest BCUT2D eigenvalue weighted by molar-refractivity contribution is 0.196. The third-order valence-electron chi connectivity index (χ3n) is 2.47. The number of aliphatic hydroxyl groups excluding tert-OH is 1. The lowest BCUT2D eigenvalue weighted by Gasteiger charge is -2.17. The number of hydrogen-bond donors (Lipinski definition) is 3. The molecule has 0 aliphatic rings. The van der Waals surface area contributed by atoms with E-state index in [1.54, 1.807) is 26.2 Å². The van der Waals surface area contributed by atoms with Crippen molar-refractivity contribution >= 4 is 17.6 Å². The second kappa shape index (κ2) is 5.93. The van der Waals surface area contributed by atoms with E-state index in [9.17, 15) is 5.11 Å². The zero-order valence-electron chi connectivity index (χ0n) is 10.2. The van der Waals surface area contributed by atoms with Crippen LogP contribution in [0.25, 0.3) is 0 Å². The van der Waals surface area contributed by atoms with Gasteiger partial charge in [0.15, 0.2) is 0 Å². The van der Waals surface area contributed by atoms with Crippen molar-refractivity contribution in [3.8, 4) is 5.75 Å². The van der Waals surface area contributed by atoms with Crippen LogP contribution in [0.4, 0.5) is 0 Å². The molecule has 0 bridgehead atoms. The van der Waals surface area contributed by atoms with Crippen molar-refractivity contribution in [2.24, 2.45) is 5.73 Å². The smallest absolute Gasteiger partial charge is 0.123 e. The van der Waals surface area contributed by atoms with Gasteiger partial charge in [0.05, 0.1) is 13.2 Å². The van der Waals surface area contributed by atoms with Crippen LogP contribution in [0.2, 0.25) is 0 Å². The minimum Gasteiger partial charge on any atom is -0.497 e. The molecule has 1 aromatic carbocycles. The fourth-order valence-electron chi connectivity index (χ4n) is 1.25. The molecule has 4 N–H and O–H groups in total. The lowest BCUT2D eigenvalue weighted by atomic mass is 10.2. The molecular weight excluding hydrogens is 236 g/mol. The average molecular weight is 254 g/mol. The molecule has 1 rings (SSSR count). The number of rotatable bonds is 5. The summed E-state index contributed by atoms with van der Waals surface area (Å²) >= 11 is 1.49. The fraction of sp³-hybridized carbons (Fsp3) is 0.417. The Labute approximate surface area is 106 Å². The zero-order chi connectivity index (χ0) is 13.0. The van der Waals surface area contributed by atoms with E-state index in [0.29, 0.717) is 5.56 Å². The van der Waals surface area contributed by atoms with Crippen LogP contribution in [0, 0.1) is 5.41 Å². The van der Waals surface area contributed by atoms with Crippen molar-refractivity contribution in [2.45, 2.75) is 30.1 Å². The van der Waals surface area contributed by atoms with Crippen molar-refractivity contribution in [1.29, 1.82) is 5.41 Å². The molecule has 2 unspecified atom stereocenters. The topological polar surface area (TPSA) is 79.3 Å². The second-order valence-electron chi connectivity index (χ2n) is 3.84. The first-order valence-corrected chi connectivity index (χ1v) is 6.20. The monoisotopic (exact) mass is 254 g/mol. The van der Waals surface area contributed by atoms with Gasteiger partial charge in [-0.05, 0) is 25.1 Å². The molecule has 0 aliphatic carbocycles. The Balaban J connectivity index is 3.05. The molecule has 94 valence electrons. The predicted octanol–water partition coefficient (Wildman–Crippen LogP) is 1.84. The van der Waals surface area contributed by atoms with Crippen molar-refractivity contribution in [2.75, 3.05) is 7.11 Å². The maximum absolute atomic E-state index is 9.50. The third kappa shape index (κ3) is 3.64. The number of methoxy groups -OCH3 is 1. The van der Waals surface area contributed by atoms with E-state index in [2.05, 4.69) is 0 Å². The molecule has 4 nitrogen and oxygen atoms in total. The van der Waals surface area contributed by atoms with E-state index in [4.69, 9.17) is 15.9 Å². The number of ether oxygens (including phenoxy) is 1. The first kappa shape index (κ1) is 13.9. The molecule has 0 heterocycles. The predicted molar refractivity (Wildman–Crippen MR) is 71.0 cm³/mol. The standard InChI is InChI=1S/C12H18N2O2S/c1-7(15)8(2)17-11-6-9(16-3)4-5-10(11)12(13)14/h4-8,15H,1-3H3,(H3,13,14). The Bertz CT molecular complexity index is 407. The molecule has 0 aromatic heterocycles. The first-order valence-electron chi connectivity index (χ1n) is 5.33. The summed E-state index contributed by atoms with van der Waals surface area (Å²) in [6, 6.07) is 5.37. The fourth-order valence-corrected chi connectivity index (χ4v) is 2.34. The largest absolute Gasteiger partial charge is 0.497 e. The second-order valence-corrected chi connectivity index (χ2v) is 5.26. The average Bonchev–Trinajstić information content (AvgIpc) is 2.28. The molecule has 0 spiro atoms. The zero-order valence-corrected chi connectivity index (χ0v) is 11.0. The van der Waals surface area contributed by atoms with Gasteiger partial charge in [-0.2, -0.15) is 0 Å². The summed E-state index contributed by atoms with van der Waals surface area (Å²) in [5.41, 5.74) is 6.19. The number of thioether (sulfide) groups is 1. The van der Waals surface area contributed by atoms with E-state index < -0.39 is 6.10 Å². The summed E-state index contributed by atoms with van der Waals surface area (Å²) < 4.78 is 5.14. The van der Waals surface area contributed by atoms with E-state index in [1.165, 1.54) is 11.8 Å². The van der Waals surface area contributed by atoms with Crippen LogP contribution in [0.1, 0.15) is 19.4 Å². The molecule has 0 radical (unpaired) electrons. The van der Waals surface area contributed by atoms with Crippen LogP contribution in [-0.2, 0) is 0 Å². The lowest BCUT2D eigenvalue weighted by Crippen LogP contribution is -2.17. The van der Waals surface area contributed by atoms with Crippen LogP contribution in [0.15, 0.2) is 23.1 Å². The van der Waals surface area contributed by atoms with Gasteiger partial charge >= 0.3 is 0 Å². The Morgan fingerprint density at radius 2 is 2.12 bits per heavy atom. The van der Waals surface area contributed by atoms with Gasteiger partial charge in [0, 0.05) is 15.7 Å². The Hall–Kier alpha value is -1.20. The molecule has 0 fully saturated rings. The van der Waals surface area contributed by atoms with E-state index >= 15 is 0 Å². The van der Waals surface area contributed by atoms with Gasteiger partial charge < -0.3 is 15.6 Å². The number of benzene rings is 1. The molecule has 0 saturated carbocycles. The highest BCUT2D eigenvalue weighted by Crippen LogP contribution is 2.31. The van der Waals surface area contributed by atoms with Gasteiger partial charge in [-0.25, -0.2) is 0 Å². The summed E-state index contributed by atoms with van der Waals surface area (Å²) in [5, 5.41) is 17.0. The van der Waals surface area contributed by atoms with Crippen LogP contribution < -0.4 is 10.5 Å². The Kier molecular flexibility index (Phi) is 4.84. The van der Waals surface area contributed by atoms with Gasteiger partial charge in [0.2, 0.25) is 0 Å². The number of amidine groups is 1. The number of nitrogen functional groups attached to an aromatic ring is 1. The number of nitrogens with two attached hydrogens (primary N) is 1. The quantitative estimate of drug-likeness (QED) is 0.425. The number of aliphatic hydroxyl groups is 1. The highest BCUT2D eigenvalue weighted by Gasteiger charge is 2.15. The van der Waals surface area contributed by atoms with Gasteiger partial charge in [0.25, 0.3) is 0 Å². The molecule has 0 aliphatic heterocycles. The van der Waals surface area contributed by atoms with E-state index in [-0.39, 0.29) is 11.1 Å². The molecule has 17 heavy (non-hydrogen) atoms.